The van der Waals surface area contributed by atoms with Crippen LogP contribution in [-0.2, 0) is 19.2 Å². The highest BCUT2D eigenvalue weighted by Crippen LogP contribution is 2.09. The third kappa shape index (κ3) is 10.3. The van der Waals surface area contributed by atoms with E-state index in [1.165, 1.54) is 0 Å². The van der Waals surface area contributed by atoms with Crippen molar-refractivity contribution in [2.24, 2.45) is 23.5 Å². The molecule has 174 valence electrons. The summed E-state index contributed by atoms with van der Waals surface area (Å²) in [6.45, 7) is 11.1. The molecule has 0 spiro atoms. The van der Waals surface area contributed by atoms with Crippen LogP contribution in [0.4, 0.5) is 0 Å². The van der Waals surface area contributed by atoms with Crippen LogP contribution in [-0.4, -0.2) is 58.7 Å². The Morgan fingerprint density at radius 1 is 0.767 bits per heavy atom. The van der Waals surface area contributed by atoms with E-state index in [4.69, 9.17) is 5.73 Å². The highest BCUT2D eigenvalue weighted by atomic mass is 32.1. The van der Waals surface area contributed by atoms with E-state index in [0.29, 0.717) is 6.42 Å². The van der Waals surface area contributed by atoms with Crippen molar-refractivity contribution >= 4 is 36.3 Å². The van der Waals surface area contributed by atoms with E-state index in [0.717, 1.165) is 0 Å². The zero-order chi connectivity index (χ0) is 23.6. The lowest BCUT2D eigenvalue weighted by Gasteiger charge is -2.26. The second kappa shape index (κ2) is 13.5. The van der Waals surface area contributed by atoms with Gasteiger partial charge < -0.3 is 26.8 Å². The number of carbonyl (C=O) groups excluding carboxylic acids is 3. The van der Waals surface area contributed by atoms with Crippen molar-refractivity contribution in [3.05, 3.63) is 0 Å². The van der Waals surface area contributed by atoms with Crippen LogP contribution in [0, 0.1) is 17.8 Å². The number of hydrogen-bond donors (Lipinski definition) is 6. The fraction of sp³-hybridized carbons (Fsp3) is 0.800. The van der Waals surface area contributed by atoms with E-state index in [-0.39, 0.29) is 29.9 Å². The Labute approximate surface area is 184 Å². The van der Waals surface area contributed by atoms with Gasteiger partial charge in [0, 0.05) is 5.75 Å². The third-order valence-electron chi connectivity index (χ3n) is 4.50. The normalized spacial score (nSPS) is 15.4. The Morgan fingerprint density at radius 3 is 1.57 bits per heavy atom. The van der Waals surface area contributed by atoms with Gasteiger partial charge in [-0.15, -0.1) is 0 Å². The van der Waals surface area contributed by atoms with Crippen molar-refractivity contribution in [3.63, 3.8) is 0 Å². The maximum atomic E-state index is 12.8. The van der Waals surface area contributed by atoms with Crippen LogP contribution >= 0.6 is 12.6 Å². The molecule has 0 aliphatic heterocycles. The number of carbonyl (C=O) groups is 4. The van der Waals surface area contributed by atoms with Crippen LogP contribution < -0.4 is 21.7 Å². The van der Waals surface area contributed by atoms with Crippen LogP contribution in [0.25, 0.3) is 0 Å². The van der Waals surface area contributed by atoms with Crippen molar-refractivity contribution in [2.45, 2.75) is 78.6 Å². The summed E-state index contributed by atoms with van der Waals surface area (Å²) in [6, 6.07) is -3.74. The van der Waals surface area contributed by atoms with E-state index < -0.39 is 47.9 Å². The number of hydrogen-bond acceptors (Lipinski definition) is 6. The molecule has 3 amide bonds. The van der Waals surface area contributed by atoms with E-state index >= 15 is 0 Å². The maximum Gasteiger partial charge on any atom is 0.326 e. The lowest BCUT2D eigenvalue weighted by molar-refractivity contribution is -0.142. The molecule has 0 aromatic carbocycles. The second-order valence-electron chi connectivity index (χ2n) is 8.73. The first kappa shape index (κ1) is 28.2. The van der Waals surface area contributed by atoms with Crippen LogP contribution in [0.2, 0.25) is 0 Å². The summed E-state index contributed by atoms with van der Waals surface area (Å²) < 4.78 is 0. The summed E-state index contributed by atoms with van der Waals surface area (Å²) in [5.41, 5.74) is 5.86. The SMILES string of the molecule is CC(C)CC(NC(=O)C(CS)NC(=O)C(CC(C)C)NC(=O)C(N)C(C)C)C(=O)O. The highest BCUT2D eigenvalue weighted by Gasteiger charge is 2.30. The summed E-state index contributed by atoms with van der Waals surface area (Å²) in [7, 11) is 0. The summed E-state index contributed by atoms with van der Waals surface area (Å²) in [4.78, 5) is 49.0. The molecular formula is C20H38N4O5S. The molecule has 0 aromatic rings. The molecule has 0 bridgehead atoms. The molecule has 4 atom stereocenters. The topological polar surface area (TPSA) is 151 Å². The van der Waals surface area contributed by atoms with E-state index in [2.05, 4.69) is 28.6 Å². The predicted molar refractivity (Wildman–Crippen MR) is 119 cm³/mol. The van der Waals surface area contributed by atoms with Gasteiger partial charge >= 0.3 is 5.97 Å². The molecule has 0 heterocycles. The average molecular weight is 447 g/mol. The second-order valence-corrected chi connectivity index (χ2v) is 9.10. The summed E-state index contributed by atoms with van der Waals surface area (Å²) >= 11 is 4.11. The maximum absolute atomic E-state index is 12.8. The summed E-state index contributed by atoms with van der Waals surface area (Å²) in [5, 5.41) is 17.0. The first-order valence-electron chi connectivity index (χ1n) is 10.3. The monoisotopic (exact) mass is 446 g/mol. The Bertz CT molecular complexity index is 598. The molecule has 0 aliphatic carbocycles. The Hall–Kier alpha value is -1.81. The number of thiol groups is 1. The van der Waals surface area contributed by atoms with Gasteiger partial charge in [0.25, 0.3) is 0 Å². The number of rotatable bonds is 13. The third-order valence-corrected chi connectivity index (χ3v) is 4.86. The molecule has 0 saturated carbocycles. The highest BCUT2D eigenvalue weighted by molar-refractivity contribution is 7.80. The molecule has 6 N–H and O–H groups in total. The molecule has 0 fully saturated rings. The zero-order valence-corrected chi connectivity index (χ0v) is 19.7. The number of carboxylic acids is 1. The van der Waals surface area contributed by atoms with Gasteiger partial charge in [0.15, 0.2) is 0 Å². The summed E-state index contributed by atoms with van der Waals surface area (Å²) in [5.74, 6) is -2.74. The van der Waals surface area contributed by atoms with Crippen molar-refractivity contribution < 1.29 is 24.3 Å². The molecule has 0 aromatic heterocycles. The van der Waals surface area contributed by atoms with Crippen molar-refractivity contribution in [1.82, 2.24) is 16.0 Å². The largest absolute Gasteiger partial charge is 0.480 e. The molecular weight excluding hydrogens is 408 g/mol. The van der Waals surface area contributed by atoms with Gasteiger partial charge in [-0.3, -0.25) is 14.4 Å². The standard InChI is InChI=1S/C20H38N4O5S/c1-10(2)7-13(22-19(27)16(21)12(5)6)17(25)24-15(9-30)18(26)23-14(20(28)29)8-11(3)4/h10-16,30H,7-9,21H2,1-6H3,(H,22,27)(H,23,26)(H,24,25)(H,28,29). The molecule has 0 aliphatic rings. The fourth-order valence-corrected chi connectivity index (χ4v) is 2.96. The summed E-state index contributed by atoms with van der Waals surface area (Å²) in [6.07, 6.45) is 0.613. The Balaban J connectivity index is 5.24. The Kier molecular flexibility index (Phi) is 12.7. The predicted octanol–water partition coefficient (Wildman–Crippen LogP) is 0.531. The van der Waals surface area contributed by atoms with Crippen LogP contribution in [0.3, 0.4) is 0 Å². The average Bonchev–Trinajstić information content (AvgIpc) is 2.62. The van der Waals surface area contributed by atoms with Crippen LogP contribution in [0.5, 0.6) is 0 Å². The number of amides is 3. The Morgan fingerprint density at radius 2 is 1.17 bits per heavy atom. The van der Waals surface area contributed by atoms with Crippen molar-refractivity contribution in [1.29, 1.82) is 0 Å². The smallest absolute Gasteiger partial charge is 0.326 e. The van der Waals surface area contributed by atoms with E-state index in [1.807, 2.05) is 27.7 Å². The number of carboxylic acid groups (broad SMARTS) is 1. The van der Waals surface area contributed by atoms with E-state index in [9.17, 15) is 24.3 Å². The number of nitrogens with one attached hydrogen (secondary N) is 3. The molecule has 0 radical (unpaired) electrons. The van der Waals surface area contributed by atoms with Gasteiger partial charge in [-0.25, -0.2) is 4.79 Å². The van der Waals surface area contributed by atoms with Gasteiger partial charge in [0.05, 0.1) is 6.04 Å². The van der Waals surface area contributed by atoms with Gasteiger partial charge in [0.1, 0.15) is 18.1 Å². The van der Waals surface area contributed by atoms with Gasteiger partial charge in [-0.1, -0.05) is 41.5 Å². The molecule has 0 rings (SSSR count). The van der Waals surface area contributed by atoms with E-state index in [1.54, 1.807) is 13.8 Å². The number of nitrogens with two attached hydrogens (primary N) is 1. The van der Waals surface area contributed by atoms with Crippen molar-refractivity contribution in [2.75, 3.05) is 5.75 Å². The minimum Gasteiger partial charge on any atom is -0.480 e. The van der Waals surface area contributed by atoms with Gasteiger partial charge in [-0.05, 0) is 30.6 Å². The molecule has 4 unspecified atom stereocenters. The zero-order valence-electron chi connectivity index (χ0n) is 18.8. The first-order valence-corrected chi connectivity index (χ1v) is 10.9. The fourth-order valence-electron chi connectivity index (χ4n) is 2.71. The first-order chi connectivity index (χ1) is 13.8. The van der Waals surface area contributed by atoms with Crippen molar-refractivity contribution in [3.8, 4) is 0 Å². The van der Waals surface area contributed by atoms with Crippen LogP contribution in [0.1, 0.15) is 54.4 Å². The molecule has 30 heavy (non-hydrogen) atoms. The van der Waals surface area contributed by atoms with Crippen LogP contribution in [0.15, 0.2) is 0 Å². The van der Waals surface area contributed by atoms with Gasteiger partial charge in [-0.2, -0.15) is 12.6 Å². The molecule has 10 heteroatoms. The lowest BCUT2D eigenvalue weighted by Crippen LogP contribution is -2.58. The minimum atomic E-state index is -1.14. The van der Waals surface area contributed by atoms with Gasteiger partial charge in [0.2, 0.25) is 17.7 Å². The minimum absolute atomic E-state index is 0.0283. The molecule has 0 saturated heterocycles. The lowest BCUT2D eigenvalue weighted by atomic mass is 10.00. The molecule has 9 nitrogen and oxygen atoms in total. The number of aliphatic carboxylic acids is 1. The quantitative estimate of drug-likeness (QED) is 0.227.